The molecule has 0 bridgehead atoms. The minimum absolute atomic E-state index is 0.124. The number of thiazole rings is 1. The molecule has 0 saturated heterocycles. The summed E-state index contributed by atoms with van der Waals surface area (Å²) in [7, 11) is 3.43. The Bertz CT molecular complexity index is 1920. The number of hydrogen-bond donors (Lipinski definition) is 2. The molecule has 0 fully saturated rings. The van der Waals surface area contributed by atoms with E-state index in [2.05, 4.69) is 41.7 Å². The summed E-state index contributed by atoms with van der Waals surface area (Å²) in [4.78, 5) is 29.0. The average molecular weight is 548 g/mol. The van der Waals surface area contributed by atoms with E-state index < -0.39 is 0 Å². The van der Waals surface area contributed by atoms with Gasteiger partial charge in [0.25, 0.3) is 5.56 Å². The molecule has 1 aromatic carbocycles. The second-order valence-electron chi connectivity index (χ2n) is 8.96. The summed E-state index contributed by atoms with van der Waals surface area (Å²) < 4.78 is 3.56. The first-order valence-corrected chi connectivity index (χ1v) is 12.8. The number of anilines is 2. The van der Waals surface area contributed by atoms with Gasteiger partial charge in [0.2, 0.25) is 5.82 Å². The maximum Gasteiger partial charge on any atom is 0.261 e. The molecule has 1 atom stereocenters. The largest absolute Gasteiger partial charge is 0.377 e. The number of nitrogens with one attached hydrogen (secondary N) is 1. The fourth-order valence-corrected chi connectivity index (χ4v) is 5.48. The molecule has 0 aliphatic heterocycles. The van der Waals surface area contributed by atoms with E-state index in [0.717, 1.165) is 21.5 Å². The summed E-state index contributed by atoms with van der Waals surface area (Å²) in [6.07, 6.45) is 3.40. The summed E-state index contributed by atoms with van der Waals surface area (Å²) >= 11 is 7.52. The van der Waals surface area contributed by atoms with E-state index in [1.54, 1.807) is 37.3 Å². The van der Waals surface area contributed by atoms with Crippen molar-refractivity contribution in [3.05, 3.63) is 63.4 Å². The van der Waals surface area contributed by atoms with Crippen LogP contribution in [0, 0.1) is 6.92 Å². The van der Waals surface area contributed by atoms with E-state index in [4.69, 9.17) is 17.3 Å². The van der Waals surface area contributed by atoms with Crippen molar-refractivity contribution >= 4 is 50.3 Å². The van der Waals surface area contributed by atoms with Gasteiger partial charge in [-0.05, 0) is 48.4 Å². The Morgan fingerprint density at radius 1 is 1.16 bits per heavy atom. The maximum atomic E-state index is 13.6. The van der Waals surface area contributed by atoms with Crippen LogP contribution in [0.2, 0.25) is 5.15 Å². The summed E-state index contributed by atoms with van der Waals surface area (Å²) in [6, 6.07) is 7.23. The molecule has 3 N–H and O–H groups in total. The van der Waals surface area contributed by atoms with Gasteiger partial charge in [0, 0.05) is 13.2 Å². The SMILES string of the molecule is Cc1cc(C(C)Nc2ccc(Cl)nc2-c2nnn(C)n2)c2c(c1)c(=O)n(C)c1c(-c3cnc(N)s3)ncn21. The number of aryl methyl sites for hydroxylation is 3. The third kappa shape index (κ3) is 3.87. The Kier molecular flexibility index (Phi) is 5.61. The van der Waals surface area contributed by atoms with Crippen molar-refractivity contribution in [3.63, 3.8) is 0 Å². The van der Waals surface area contributed by atoms with Crippen molar-refractivity contribution in [2.24, 2.45) is 14.1 Å². The molecule has 0 saturated carbocycles. The molecule has 14 heteroatoms. The molecule has 38 heavy (non-hydrogen) atoms. The maximum absolute atomic E-state index is 13.6. The molecule has 0 amide bonds. The fourth-order valence-electron chi connectivity index (χ4n) is 4.65. The number of nitrogen functional groups attached to an aromatic ring is 1. The molecule has 12 nitrogen and oxygen atoms in total. The Morgan fingerprint density at radius 3 is 2.68 bits per heavy atom. The van der Waals surface area contributed by atoms with Crippen LogP contribution < -0.4 is 16.6 Å². The highest BCUT2D eigenvalue weighted by Gasteiger charge is 2.22. The smallest absolute Gasteiger partial charge is 0.261 e. The first kappa shape index (κ1) is 24.0. The van der Waals surface area contributed by atoms with E-state index in [-0.39, 0.29) is 11.6 Å². The number of nitrogens with zero attached hydrogens (tertiary/aromatic N) is 9. The highest BCUT2D eigenvalue weighted by atomic mass is 35.5. The topological polar surface area (TPSA) is 147 Å². The number of aromatic nitrogens is 9. The van der Waals surface area contributed by atoms with Crippen LogP contribution >= 0.6 is 22.9 Å². The second kappa shape index (κ2) is 8.89. The average Bonchev–Trinajstić information content (AvgIpc) is 3.62. The number of rotatable bonds is 5. The zero-order valence-corrected chi connectivity index (χ0v) is 22.4. The van der Waals surface area contributed by atoms with Crippen molar-refractivity contribution in [1.82, 2.24) is 44.1 Å². The lowest BCUT2D eigenvalue weighted by Gasteiger charge is -2.21. The zero-order chi connectivity index (χ0) is 26.7. The summed E-state index contributed by atoms with van der Waals surface area (Å²) in [6.45, 7) is 3.99. The van der Waals surface area contributed by atoms with Gasteiger partial charge >= 0.3 is 0 Å². The number of halogens is 1. The second-order valence-corrected chi connectivity index (χ2v) is 10.4. The standard InChI is InChI=1S/C24H22ClN11OS/c1-11-7-13(12(2)29-15-5-6-17(25)30-18(15)21-31-33-35(4)32-21)20-14(8-11)23(37)34(3)22-19(28-10-36(20)22)16-9-27-24(26)38-16/h5-10,12,29H,1-4H3,(H2,26,27). The molecule has 1 unspecified atom stereocenters. The molecule has 5 heterocycles. The highest BCUT2D eigenvalue weighted by molar-refractivity contribution is 7.18. The van der Waals surface area contributed by atoms with Crippen LogP contribution in [0.15, 0.2) is 41.6 Å². The minimum atomic E-state index is -0.254. The molecule has 192 valence electrons. The Labute approximate surface area is 224 Å². The monoisotopic (exact) mass is 547 g/mol. The van der Waals surface area contributed by atoms with Gasteiger partial charge in [0.15, 0.2) is 5.13 Å². The summed E-state index contributed by atoms with van der Waals surface area (Å²) in [5.41, 5.74) is 10.8. The third-order valence-corrected chi connectivity index (χ3v) is 7.34. The van der Waals surface area contributed by atoms with Gasteiger partial charge in [-0.15, -0.1) is 10.2 Å². The molecule has 6 aromatic rings. The van der Waals surface area contributed by atoms with Crippen LogP contribution in [0.3, 0.4) is 0 Å². The predicted molar refractivity (Wildman–Crippen MR) is 147 cm³/mol. The van der Waals surface area contributed by atoms with E-state index in [0.29, 0.717) is 44.2 Å². The van der Waals surface area contributed by atoms with Gasteiger partial charge in [0.1, 0.15) is 28.5 Å². The van der Waals surface area contributed by atoms with Crippen LogP contribution in [0.4, 0.5) is 10.8 Å². The summed E-state index contributed by atoms with van der Waals surface area (Å²) in [5.74, 6) is 0.346. The Hall–Kier alpha value is -4.36. The van der Waals surface area contributed by atoms with Gasteiger partial charge in [-0.3, -0.25) is 13.8 Å². The van der Waals surface area contributed by atoms with Crippen LogP contribution in [0.1, 0.15) is 24.1 Å². The fraction of sp³-hybridized carbons (Fsp3) is 0.208. The number of fused-ring (bicyclic) bond motifs is 3. The number of pyridine rings is 1. The number of benzene rings is 1. The van der Waals surface area contributed by atoms with E-state index in [1.807, 2.05) is 30.4 Å². The molecule has 0 radical (unpaired) electrons. The van der Waals surface area contributed by atoms with Crippen molar-refractivity contribution in [3.8, 4) is 22.1 Å². The van der Waals surface area contributed by atoms with Gasteiger partial charge < -0.3 is 11.1 Å². The van der Waals surface area contributed by atoms with Crippen molar-refractivity contribution in [2.75, 3.05) is 11.1 Å². The molecular formula is C24H22ClN11OS. The lowest BCUT2D eigenvalue weighted by atomic mass is 10.0. The summed E-state index contributed by atoms with van der Waals surface area (Å²) in [5, 5.41) is 17.2. The Morgan fingerprint density at radius 2 is 1.97 bits per heavy atom. The minimum Gasteiger partial charge on any atom is -0.377 e. The van der Waals surface area contributed by atoms with Gasteiger partial charge in [-0.2, -0.15) is 4.80 Å². The molecular weight excluding hydrogens is 526 g/mol. The van der Waals surface area contributed by atoms with E-state index >= 15 is 0 Å². The molecule has 5 aromatic heterocycles. The van der Waals surface area contributed by atoms with Crippen LogP contribution in [-0.4, -0.2) is 44.1 Å². The third-order valence-electron chi connectivity index (χ3n) is 6.30. The van der Waals surface area contributed by atoms with Crippen LogP contribution in [0.25, 0.3) is 38.6 Å². The van der Waals surface area contributed by atoms with Gasteiger partial charge in [0.05, 0.1) is 34.6 Å². The highest BCUT2D eigenvalue weighted by Crippen LogP contribution is 2.34. The first-order valence-electron chi connectivity index (χ1n) is 11.6. The first-order chi connectivity index (χ1) is 18.2. The number of imidazole rings is 1. The molecule has 0 aliphatic rings. The quantitative estimate of drug-likeness (QED) is 0.309. The molecule has 0 spiro atoms. The molecule has 6 rings (SSSR count). The van der Waals surface area contributed by atoms with E-state index in [1.165, 1.54) is 16.1 Å². The van der Waals surface area contributed by atoms with Gasteiger partial charge in [-0.25, -0.2) is 15.0 Å². The molecule has 0 aliphatic carbocycles. The predicted octanol–water partition coefficient (Wildman–Crippen LogP) is 3.61. The zero-order valence-electron chi connectivity index (χ0n) is 20.8. The lowest BCUT2D eigenvalue weighted by molar-refractivity contribution is 0.630. The van der Waals surface area contributed by atoms with Crippen molar-refractivity contribution < 1.29 is 0 Å². The van der Waals surface area contributed by atoms with Crippen molar-refractivity contribution in [2.45, 2.75) is 19.9 Å². The van der Waals surface area contributed by atoms with E-state index in [9.17, 15) is 4.79 Å². The van der Waals surface area contributed by atoms with Crippen LogP contribution in [0.5, 0.6) is 0 Å². The normalized spacial score (nSPS) is 12.4. The Balaban J connectivity index is 1.54. The van der Waals surface area contributed by atoms with Gasteiger partial charge in [-0.1, -0.05) is 29.0 Å². The number of hydrogen-bond acceptors (Lipinski definition) is 10. The van der Waals surface area contributed by atoms with Crippen LogP contribution in [-0.2, 0) is 14.1 Å². The number of nitrogens with two attached hydrogens (primary N) is 1. The lowest BCUT2D eigenvalue weighted by Crippen LogP contribution is -2.21. The van der Waals surface area contributed by atoms with Crippen molar-refractivity contribution in [1.29, 1.82) is 0 Å². The number of tetrazole rings is 1.